The number of hydrogen-bond donors (Lipinski definition) is 1. The van der Waals surface area contributed by atoms with Crippen LogP contribution in [0.4, 0.5) is 11.5 Å². The zero-order valence-corrected chi connectivity index (χ0v) is 12.2. The number of nitrogens with zero attached hydrogens (tertiary/aromatic N) is 4. The highest BCUT2D eigenvalue weighted by Crippen LogP contribution is 2.19. The maximum atomic E-state index is 9.00. The minimum absolute atomic E-state index is 0.0611. The molecule has 0 atom stereocenters. The van der Waals surface area contributed by atoms with Crippen LogP contribution in [0.5, 0.6) is 0 Å². The van der Waals surface area contributed by atoms with Gasteiger partial charge in [-0.1, -0.05) is 12.1 Å². The summed E-state index contributed by atoms with van der Waals surface area (Å²) in [7, 11) is 0. The summed E-state index contributed by atoms with van der Waals surface area (Å²) in [6.45, 7) is 5.88. The van der Waals surface area contributed by atoms with Crippen molar-refractivity contribution >= 4 is 11.5 Å². The van der Waals surface area contributed by atoms with Gasteiger partial charge in [0.25, 0.3) is 0 Å². The SMILES string of the molecule is Cc1cccc(N2CCN(c3cnc(CO)cn3)CC2)c1. The molecule has 0 spiro atoms. The molecule has 1 aromatic carbocycles. The summed E-state index contributed by atoms with van der Waals surface area (Å²) in [5, 5.41) is 9.00. The molecule has 1 aromatic heterocycles. The first kappa shape index (κ1) is 13.8. The third-order valence-electron chi connectivity index (χ3n) is 3.82. The molecule has 1 saturated heterocycles. The van der Waals surface area contributed by atoms with E-state index in [4.69, 9.17) is 5.11 Å². The number of aliphatic hydroxyl groups excluding tert-OH is 1. The summed E-state index contributed by atoms with van der Waals surface area (Å²) >= 11 is 0. The summed E-state index contributed by atoms with van der Waals surface area (Å²) in [4.78, 5) is 13.2. The quantitative estimate of drug-likeness (QED) is 0.928. The number of rotatable bonds is 3. The maximum absolute atomic E-state index is 9.00. The van der Waals surface area contributed by atoms with E-state index in [1.165, 1.54) is 11.3 Å². The van der Waals surface area contributed by atoms with Crippen molar-refractivity contribution in [2.75, 3.05) is 36.0 Å². The van der Waals surface area contributed by atoms with Crippen molar-refractivity contribution in [3.63, 3.8) is 0 Å². The Kier molecular flexibility index (Phi) is 4.01. The Labute approximate surface area is 124 Å². The van der Waals surface area contributed by atoms with Gasteiger partial charge in [-0.2, -0.15) is 0 Å². The Balaban J connectivity index is 1.64. The van der Waals surface area contributed by atoms with Gasteiger partial charge in [-0.25, -0.2) is 4.98 Å². The second-order valence-corrected chi connectivity index (χ2v) is 5.34. The van der Waals surface area contributed by atoms with E-state index in [0.29, 0.717) is 5.69 Å². The molecule has 1 aliphatic rings. The Morgan fingerprint density at radius 3 is 2.43 bits per heavy atom. The molecule has 0 amide bonds. The van der Waals surface area contributed by atoms with Gasteiger partial charge in [-0.15, -0.1) is 0 Å². The van der Waals surface area contributed by atoms with Crippen LogP contribution < -0.4 is 9.80 Å². The number of benzene rings is 1. The fraction of sp³-hybridized carbons (Fsp3) is 0.375. The van der Waals surface area contributed by atoms with Crippen molar-refractivity contribution in [3.05, 3.63) is 47.9 Å². The van der Waals surface area contributed by atoms with Crippen LogP contribution in [0.2, 0.25) is 0 Å². The number of aliphatic hydroxyl groups is 1. The van der Waals surface area contributed by atoms with Crippen LogP contribution in [0.25, 0.3) is 0 Å². The highest BCUT2D eigenvalue weighted by atomic mass is 16.3. The first-order valence-electron chi connectivity index (χ1n) is 7.24. The molecule has 2 aromatic rings. The highest BCUT2D eigenvalue weighted by Gasteiger charge is 2.18. The van der Waals surface area contributed by atoms with E-state index in [9.17, 15) is 0 Å². The number of hydrogen-bond acceptors (Lipinski definition) is 5. The predicted octanol–water partition coefficient (Wildman–Crippen LogP) is 1.60. The molecule has 0 aliphatic carbocycles. The van der Waals surface area contributed by atoms with Crippen molar-refractivity contribution in [1.82, 2.24) is 9.97 Å². The summed E-state index contributed by atoms with van der Waals surface area (Å²) in [5.41, 5.74) is 3.19. The minimum atomic E-state index is -0.0611. The van der Waals surface area contributed by atoms with Gasteiger partial charge < -0.3 is 14.9 Å². The summed E-state index contributed by atoms with van der Waals surface area (Å²) < 4.78 is 0. The van der Waals surface area contributed by atoms with E-state index in [1.807, 2.05) is 0 Å². The van der Waals surface area contributed by atoms with Crippen LogP contribution in [0, 0.1) is 6.92 Å². The molecule has 1 aliphatic heterocycles. The molecule has 0 saturated carbocycles. The molecule has 5 heteroatoms. The summed E-state index contributed by atoms with van der Waals surface area (Å²) in [6, 6.07) is 8.62. The van der Waals surface area contributed by atoms with Crippen LogP contribution in [0.3, 0.4) is 0 Å². The number of aryl methyl sites for hydroxylation is 1. The first-order valence-corrected chi connectivity index (χ1v) is 7.24. The smallest absolute Gasteiger partial charge is 0.147 e. The Hall–Kier alpha value is -2.14. The van der Waals surface area contributed by atoms with Crippen LogP contribution in [0.15, 0.2) is 36.7 Å². The van der Waals surface area contributed by atoms with E-state index in [2.05, 4.69) is 51.0 Å². The van der Waals surface area contributed by atoms with Crippen LogP contribution in [-0.4, -0.2) is 41.3 Å². The second-order valence-electron chi connectivity index (χ2n) is 5.34. The van der Waals surface area contributed by atoms with E-state index in [-0.39, 0.29) is 6.61 Å². The fourth-order valence-corrected chi connectivity index (χ4v) is 2.61. The number of aromatic nitrogens is 2. The van der Waals surface area contributed by atoms with Crippen molar-refractivity contribution in [2.24, 2.45) is 0 Å². The molecule has 1 N–H and O–H groups in total. The van der Waals surface area contributed by atoms with E-state index >= 15 is 0 Å². The molecule has 5 nitrogen and oxygen atoms in total. The topological polar surface area (TPSA) is 52.5 Å². The minimum Gasteiger partial charge on any atom is -0.390 e. The lowest BCUT2D eigenvalue weighted by atomic mass is 10.2. The van der Waals surface area contributed by atoms with E-state index in [1.54, 1.807) is 12.4 Å². The van der Waals surface area contributed by atoms with E-state index < -0.39 is 0 Å². The largest absolute Gasteiger partial charge is 0.390 e. The van der Waals surface area contributed by atoms with Gasteiger partial charge in [-0.05, 0) is 24.6 Å². The summed E-state index contributed by atoms with van der Waals surface area (Å²) in [6.07, 6.45) is 3.39. The van der Waals surface area contributed by atoms with Gasteiger partial charge >= 0.3 is 0 Å². The first-order chi connectivity index (χ1) is 10.3. The standard InChI is InChI=1S/C16H20N4O/c1-13-3-2-4-15(9-13)19-5-7-20(8-6-19)16-11-17-14(12-21)10-18-16/h2-4,9-11,21H,5-8,12H2,1H3. The lowest BCUT2D eigenvalue weighted by Crippen LogP contribution is -2.46. The average molecular weight is 284 g/mol. The van der Waals surface area contributed by atoms with Crippen LogP contribution >= 0.6 is 0 Å². The predicted molar refractivity (Wildman–Crippen MR) is 83.6 cm³/mol. The molecule has 21 heavy (non-hydrogen) atoms. The van der Waals surface area contributed by atoms with Gasteiger partial charge in [0.1, 0.15) is 5.82 Å². The second kappa shape index (κ2) is 6.10. The molecular weight excluding hydrogens is 264 g/mol. The van der Waals surface area contributed by atoms with Crippen molar-refractivity contribution < 1.29 is 5.11 Å². The van der Waals surface area contributed by atoms with Crippen LogP contribution in [0.1, 0.15) is 11.3 Å². The maximum Gasteiger partial charge on any atom is 0.147 e. The molecule has 0 bridgehead atoms. The number of piperazine rings is 1. The third kappa shape index (κ3) is 3.13. The Bertz CT molecular complexity index is 591. The van der Waals surface area contributed by atoms with Gasteiger partial charge in [0.2, 0.25) is 0 Å². The average Bonchev–Trinajstić information content (AvgIpc) is 2.55. The molecule has 0 radical (unpaired) electrons. The van der Waals surface area contributed by atoms with Crippen molar-refractivity contribution in [3.8, 4) is 0 Å². The lowest BCUT2D eigenvalue weighted by molar-refractivity contribution is 0.276. The fourth-order valence-electron chi connectivity index (χ4n) is 2.61. The zero-order chi connectivity index (χ0) is 14.7. The van der Waals surface area contributed by atoms with Crippen LogP contribution in [-0.2, 0) is 6.61 Å². The van der Waals surface area contributed by atoms with Gasteiger partial charge in [0, 0.05) is 31.9 Å². The number of anilines is 2. The van der Waals surface area contributed by atoms with Crippen molar-refractivity contribution in [1.29, 1.82) is 0 Å². The molecular formula is C16H20N4O. The Morgan fingerprint density at radius 2 is 1.81 bits per heavy atom. The third-order valence-corrected chi connectivity index (χ3v) is 3.82. The molecule has 2 heterocycles. The lowest BCUT2D eigenvalue weighted by Gasteiger charge is -2.36. The molecule has 0 unspecified atom stereocenters. The normalized spacial score (nSPS) is 15.3. The van der Waals surface area contributed by atoms with E-state index in [0.717, 1.165) is 32.0 Å². The van der Waals surface area contributed by atoms with Gasteiger partial charge in [-0.3, -0.25) is 4.98 Å². The van der Waals surface area contributed by atoms with Crippen molar-refractivity contribution in [2.45, 2.75) is 13.5 Å². The Morgan fingerprint density at radius 1 is 1.05 bits per heavy atom. The molecule has 110 valence electrons. The van der Waals surface area contributed by atoms with Gasteiger partial charge in [0.15, 0.2) is 0 Å². The monoisotopic (exact) mass is 284 g/mol. The zero-order valence-electron chi connectivity index (χ0n) is 12.2. The molecule has 3 rings (SSSR count). The molecule has 1 fully saturated rings. The summed E-state index contributed by atoms with van der Waals surface area (Å²) in [5.74, 6) is 0.885. The van der Waals surface area contributed by atoms with Gasteiger partial charge in [0.05, 0.1) is 24.7 Å². The highest BCUT2D eigenvalue weighted by molar-refractivity contribution is 5.50.